The summed E-state index contributed by atoms with van der Waals surface area (Å²) in [5.74, 6) is -2.18. The number of ketones is 1. The first-order chi connectivity index (χ1) is 15.5. The van der Waals surface area contributed by atoms with Crippen molar-refractivity contribution in [2.45, 2.75) is 17.7 Å². The van der Waals surface area contributed by atoms with Gasteiger partial charge in [0.25, 0.3) is 5.56 Å². The number of aromatic nitrogens is 2. The van der Waals surface area contributed by atoms with Crippen LogP contribution in [0.2, 0.25) is 0 Å². The molecular weight excluding hydrogens is 456 g/mol. The summed E-state index contributed by atoms with van der Waals surface area (Å²) in [5, 5.41) is 0. The van der Waals surface area contributed by atoms with Gasteiger partial charge in [-0.3, -0.25) is 18.7 Å². The molecule has 0 spiro atoms. The van der Waals surface area contributed by atoms with Crippen LogP contribution in [0.5, 0.6) is 5.75 Å². The number of rotatable bonds is 7. The Labute approximate surface area is 189 Å². The molecule has 1 aromatic carbocycles. The van der Waals surface area contributed by atoms with E-state index < -0.39 is 45.2 Å². The van der Waals surface area contributed by atoms with Crippen LogP contribution in [0.1, 0.15) is 33.6 Å². The highest BCUT2D eigenvalue weighted by Crippen LogP contribution is 2.30. The zero-order chi connectivity index (χ0) is 24.5. The highest BCUT2D eigenvalue weighted by atomic mass is 32.2. The predicted molar refractivity (Wildman–Crippen MR) is 117 cm³/mol. The Morgan fingerprint density at radius 2 is 1.73 bits per heavy atom. The normalized spacial score (nSPS) is 14.3. The molecule has 2 N–H and O–H groups in total. The first-order valence-electron chi connectivity index (χ1n) is 9.94. The molecule has 2 heterocycles. The van der Waals surface area contributed by atoms with Crippen molar-refractivity contribution in [1.82, 2.24) is 13.4 Å². The Bertz CT molecular complexity index is 1340. The van der Waals surface area contributed by atoms with E-state index in [1.807, 2.05) is 0 Å². The average Bonchev–Trinajstić information content (AvgIpc) is 3.35. The second kappa shape index (κ2) is 9.19. The minimum Gasteiger partial charge on any atom is -0.495 e. The third kappa shape index (κ3) is 4.41. The molecule has 1 aliphatic rings. The van der Waals surface area contributed by atoms with Gasteiger partial charge in [-0.15, -0.1) is 0 Å². The highest BCUT2D eigenvalue weighted by molar-refractivity contribution is 7.89. The van der Waals surface area contributed by atoms with E-state index in [4.69, 9.17) is 15.2 Å². The van der Waals surface area contributed by atoms with Crippen LogP contribution in [-0.4, -0.2) is 60.4 Å². The number of carbonyl (C=O) groups is 2. The molecule has 0 amide bonds. The number of ether oxygens (including phenoxy) is 2. The number of nitrogen functional groups attached to an aromatic ring is 1. The van der Waals surface area contributed by atoms with Gasteiger partial charge >= 0.3 is 11.7 Å². The maximum absolute atomic E-state index is 13.0. The van der Waals surface area contributed by atoms with Crippen molar-refractivity contribution in [3.05, 3.63) is 50.2 Å². The molecule has 2 aromatic rings. The van der Waals surface area contributed by atoms with Gasteiger partial charge in [-0.25, -0.2) is 18.0 Å². The molecule has 178 valence electrons. The molecule has 33 heavy (non-hydrogen) atoms. The van der Waals surface area contributed by atoms with Crippen LogP contribution in [0.25, 0.3) is 0 Å². The number of sulfonamides is 1. The number of anilines is 1. The third-order valence-electron chi connectivity index (χ3n) is 5.41. The van der Waals surface area contributed by atoms with Crippen molar-refractivity contribution < 1.29 is 27.5 Å². The number of hydrogen-bond acceptors (Lipinski definition) is 9. The first kappa shape index (κ1) is 24.2. The van der Waals surface area contributed by atoms with Crippen molar-refractivity contribution >= 4 is 27.6 Å². The standard InChI is InChI=1S/C20H24N4O8S/c1-22-17(21)16(18(26)23(2)20(22)28)13(25)11-32-19(27)12-6-7-14(31-3)15(10-12)33(29,30)24-8-4-5-9-24/h6-7,10H,4-5,8-9,11,21H2,1-3H3. The summed E-state index contributed by atoms with van der Waals surface area (Å²) in [6, 6.07) is 3.75. The van der Waals surface area contributed by atoms with E-state index in [0.29, 0.717) is 17.7 Å². The molecule has 0 radical (unpaired) electrons. The van der Waals surface area contributed by atoms with Gasteiger partial charge in [0.15, 0.2) is 6.61 Å². The number of nitrogens with two attached hydrogens (primary N) is 1. The number of methoxy groups -OCH3 is 1. The molecule has 3 rings (SSSR count). The number of carbonyl (C=O) groups excluding carboxylic acids is 2. The fourth-order valence-electron chi connectivity index (χ4n) is 3.48. The molecule has 13 heteroatoms. The van der Waals surface area contributed by atoms with Gasteiger partial charge in [0.1, 0.15) is 22.0 Å². The lowest BCUT2D eigenvalue weighted by atomic mass is 10.2. The van der Waals surface area contributed by atoms with Gasteiger partial charge in [-0.2, -0.15) is 4.31 Å². The molecular formula is C20H24N4O8S. The zero-order valence-electron chi connectivity index (χ0n) is 18.4. The van der Waals surface area contributed by atoms with Crippen LogP contribution in [0.3, 0.4) is 0 Å². The number of benzene rings is 1. The topological polar surface area (TPSA) is 160 Å². The van der Waals surface area contributed by atoms with E-state index in [1.165, 1.54) is 37.6 Å². The predicted octanol–water partition coefficient (Wildman–Crippen LogP) is -0.501. The maximum atomic E-state index is 13.0. The van der Waals surface area contributed by atoms with Crippen LogP contribution < -0.4 is 21.7 Å². The van der Waals surface area contributed by atoms with Crippen LogP contribution in [-0.2, 0) is 28.9 Å². The van der Waals surface area contributed by atoms with Crippen molar-refractivity contribution in [2.24, 2.45) is 14.1 Å². The van der Waals surface area contributed by atoms with Gasteiger partial charge in [0.2, 0.25) is 15.8 Å². The van der Waals surface area contributed by atoms with Gasteiger partial charge in [0.05, 0.1) is 12.7 Å². The molecule has 1 aromatic heterocycles. The van der Waals surface area contributed by atoms with E-state index in [0.717, 1.165) is 23.5 Å². The monoisotopic (exact) mass is 480 g/mol. The quantitative estimate of drug-likeness (QED) is 0.407. The van der Waals surface area contributed by atoms with E-state index in [1.54, 1.807) is 0 Å². The second-order valence-electron chi connectivity index (χ2n) is 7.44. The molecule has 12 nitrogen and oxygen atoms in total. The summed E-state index contributed by atoms with van der Waals surface area (Å²) in [7, 11) is -0.105. The molecule has 1 saturated heterocycles. The van der Waals surface area contributed by atoms with E-state index in [-0.39, 0.29) is 22.0 Å². The van der Waals surface area contributed by atoms with E-state index in [9.17, 15) is 27.6 Å². The molecule has 0 bridgehead atoms. The number of hydrogen-bond donors (Lipinski definition) is 1. The number of esters is 1. The van der Waals surface area contributed by atoms with Gasteiger partial charge in [-0.05, 0) is 31.0 Å². The first-order valence-corrected chi connectivity index (χ1v) is 11.4. The van der Waals surface area contributed by atoms with Crippen molar-refractivity contribution in [1.29, 1.82) is 0 Å². The van der Waals surface area contributed by atoms with Gasteiger partial charge in [-0.1, -0.05) is 0 Å². The Kier molecular flexibility index (Phi) is 6.74. The van der Waals surface area contributed by atoms with Crippen molar-refractivity contribution in [3.63, 3.8) is 0 Å². The van der Waals surface area contributed by atoms with Crippen LogP contribution in [0.15, 0.2) is 32.7 Å². The largest absolute Gasteiger partial charge is 0.495 e. The third-order valence-corrected chi connectivity index (χ3v) is 7.33. The number of Topliss-reactive ketones (excluding diaryl/α,β-unsaturated/α-hetero) is 1. The molecule has 0 aliphatic carbocycles. The molecule has 1 aliphatic heterocycles. The maximum Gasteiger partial charge on any atom is 0.338 e. The summed E-state index contributed by atoms with van der Waals surface area (Å²) in [6.45, 7) is -0.105. The minimum absolute atomic E-state index is 0.0657. The summed E-state index contributed by atoms with van der Waals surface area (Å²) in [4.78, 5) is 49.1. The lowest BCUT2D eigenvalue weighted by Crippen LogP contribution is -2.42. The smallest absolute Gasteiger partial charge is 0.338 e. The fraction of sp³-hybridized carbons (Fsp3) is 0.400. The Balaban J connectivity index is 1.85. The molecule has 0 saturated carbocycles. The fourth-order valence-corrected chi connectivity index (χ4v) is 5.18. The lowest BCUT2D eigenvalue weighted by molar-refractivity contribution is 0.0474. The van der Waals surface area contributed by atoms with Crippen molar-refractivity contribution in [3.8, 4) is 5.75 Å². The SMILES string of the molecule is COc1ccc(C(=O)OCC(=O)c2c(N)n(C)c(=O)n(C)c2=O)cc1S(=O)(=O)N1CCCC1. The summed E-state index contributed by atoms with van der Waals surface area (Å²) in [6.07, 6.45) is 1.47. The lowest BCUT2D eigenvalue weighted by Gasteiger charge is -2.18. The molecule has 1 fully saturated rings. The Morgan fingerprint density at radius 3 is 2.33 bits per heavy atom. The van der Waals surface area contributed by atoms with Crippen LogP contribution in [0, 0.1) is 0 Å². The highest BCUT2D eigenvalue weighted by Gasteiger charge is 2.31. The molecule has 0 atom stereocenters. The van der Waals surface area contributed by atoms with E-state index in [2.05, 4.69) is 0 Å². The number of nitrogens with zero attached hydrogens (tertiary/aromatic N) is 3. The Hall–Kier alpha value is -3.45. The molecule has 0 unspecified atom stereocenters. The minimum atomic E-state index is -3.90. The van der Waals surface area contributed by atoms with Gasteiger partial charge < -0.3 is 15.2 Å². The average molecular weight is 480 g/mol. The van der Waals surface area contributed by atoms with Crippen molar-refractivity contribution in [2.75, 3.05) is 32.5 Å². The Morgan fingerprint density at radius 1 is 1.09 bits per heavy atom. The van der Waals surface area contributed by atoms with E-state index >= 15 is 0 Å². The van der Waals surface area contributed by atoms with Gasteiger partial charge in [0, 0.05) is 27.2 Å². The summed E-state index contributed by atoms with van der Waals surface area (Å²) in [5.41, 5.74) is 3.50. The zero-order valence-corrected chi connectivity index (χ0v) is 19.2. The van der Waals surface area contributed by atoms with Crippen LogP contribution >= 0.6 is 0 Å². The van der Waals surface area contributed by atoms with Crippen LogP contribution in [0.4, 0.5) is 5.82 Å². The summed E-state index contributed by atoms with van der Waals surface area (Å²) < 4.78 is 39.0. The summed E-state index contributed by atoms with van der Waals surface area (Å²) >= 11 is 0. The second-order valence-corrected chi connectivity index (χ2v) is 9.35.